The van der Waals surface area contributed by atoms with Crippen LogP contribution in [0.25, 0.3) is 11.1 Å². The first-order valence-corrected chi connectivity index (χ1v) is 11.3. The minimum absolute atomic E-state index is 0.0756. The number of ether oxygens (including phenoxy) is 1. The van der Waals surface area contributed by atoms with Gasteiger partial charge in [-0.1, -0.05) is 86.6 Å². The van der Waals surface area contributed by atoms with Crippen LogP contribution >= 0.6 is 0 Å². The monoisotopic (exact) mass is 443 g/mol. The summed E-state index contributed by atoms with van der Waals surface area (Å²) in [7, 11) is 1.47. The van der Waals surface area contributed by atoms with Crippen molar-refractivity contribution in [3.8, 4) is 11.1 Å². The molecule has 0 aromatic heterocycles. The third kappa shape index (κ3) is 4.63. The first kappa shape index (κ1) is 22.6. The van der Waals surface area contributed by atoms with E-state index in [1.54, 1.807) is 12.1 Å². The van der Waals surface area contributed by atoms with Gasteiger partial charge in [0.15, 0.2) is 6.04 Å². The molecule has 0 fully saturated rings. The van der Waals surface area contributed by atoms with Crippen LogP contribution in [0.4, 0.5) is 4.79 Å². The number of hydrogen-bond acceptors (Lipinski definition) is 3. The van der Waals surface area contributed by atoms with Crippen molar-refractivity contribution in [2.75, 3.05) is 13.7 Å². The van der Waals surface area contributed by atoms with Gasteiger partial charge in [-0.2, -0.15) is 0 Å². The number of nitrogens with zero attached hydrogens (tertiary/aromatic N) is 1. The number of hydrogen-bond donors (Lipinski definition) is 1. The van der Waals surface area contributed by atoms with Crippen molar-refractivity contribution < 1.29 is 19.4 Å². The van der Waals surface area contributed by atoms with Crippen molar-refractivity contribution >= 4 is 12.1 Å². The summed E-state index contributed by atoms with van der Waals surface area (Å²) in [6.45, 7) is 4.43. The number of likely N-dealkylation sites (N-methyl/N-ethyl adjacent to an activating group) is 1. The molecule has 0 saturated heterocycles. The van der Waals surface area contributed by atoms with Crippen LogP contribution in [0.3, 0.4) is 0 Å². The molecule has 3 aromatic rings. The molecule has 1 aliphatic rings. The first-order valence-electron chi connectivity index (χ1n) is 11.3. The van der Waals surface area contributed by atoms with Crippen molar-refractivity contribution in [1.82, 2.24) is 4.90 Å². The molecule has 0 spiro atoms. The van der Waals surface area contributed by atoms with Crippen molar-refractivity contribution in [2.24, 2.45) is 5.92 Å². The molecule has 0 saturated carbocycles. The third-order valence-corrected chi connectivity index (χ3v) is 6.18. The van der Waals surface area contributed by atoms with Crippen LogP contribution in [0.15, 0.2) is 72.8 Å². The van der Waals surface area contributed by atoms with E-state index >= 15 is 0 Å². The SMILES string of the molecule is CC(C)Cc1ccc(C(C(=O)O)N(C)C(=O)OCC2c3ccccc3-c3ccccc32)cc1. The zero-order valence-corrected chi connectivity index (χ0v) is 19.2. The highest BCUT2D eigenvalue weighted by Gasteiger charge is 2.32. The van der Waals surface area contributed by atoms with Gasteiger partial charge in [-0.15, -0.1) is 0 Å². The van der Waals surface area contributed by atoms with E-state index in [-0.39, 0.29) is 12.5 Å². The van der Waals surface area contributed by atoms with Crippen molar-refractivity contribution in [3.63, 3.8) is 0 Å². The lowest BCUT2D eigenvalue weighted by molar-refractivity contribution is -0.142. The Hall–Kier alpha value is -3.60. The third-order valence-electron chi connectivity index (χ3n) is 6.18. The molecule has 1 atom stereocenters. The number of fused-ring (bicyclic) bond motifs is 3. The second-order valence-electron chi connectivity index (χ2n) is 9.00. The highest BCUT2D eigenvalue weighted by atomic mass is 16.6. The normalized spacial score (nSPS) is 13.3. The molecule has 5 heteroatoms. The van der Waals surface area contributed by atoms with Gasteiger partial charge in [-0.05, 0) is 45.7 Å². The van der Waals surface area contributed by atoms with E-state index in [1.807, 2.05) is 36.4 Å². The zero-order chi connectivity index (χ0) is 23.5. The van der Waals surface area contributed by atoms with Gasteiger partial charge in [-0.25, -0.2) is 9.59 Å². The summed E-state index contributed by atoms with van der Waals surface area (Å²) in [5, 5.41) is 9.85. The number of carboxylic acids is 1. The van der Waals surface area contributed by atoms with Gasteiger partial charge in [0, 0.05) is 13.0 Å². The predicted octanol–water partition coefficient (Wildman–Crippen LogP) is 5.89. The molecule has 0 bridgehead atoms. The summed E-state index contributed by atoms with van der Waals surface area (Å²) in [6.07, 6.45) is 0.260. The molecule has 0 heterocycles. The number of carbonyl (C=O) groups excluding carboxylic acids is 1. The molecular weight excluding hydrogens is 414 g/mol. The number of carbonyl (C=O) groups is 2. The number of amides is 1. The predicted molar refractivity (Wildman–Crippen MR) is 128 cm³/mol. The van der Waals surface area contributed by atoms with Crippen molar-refractivity contribution in [2.45, 2.75) is 32.2 Å². The number of carboxylic acid groups (broad SMARTS) is 1. The summed E-state index contributed by atoms with van der Waals surface area (Å²) >= 11 is 0. The lowest BCUT2D eigenvalue weighted by Crippen LogP contribution is -2.36. The smallest absolute Gasteiger partial charge is 0.410 e. The molecule has 3 aromatic carbocycles. The van der Waals surface area contributed by atoms with E-state index in [0.717, 1.165) is 39.1 Å². The second-order valence-corrected chi connectivity index (χ2v) is 9.00. The van der Waals surface area contributed by atoms with Crippen LogP contribution < -0.4 is 0 Å². The van der Waals surface area contributed by atoms with Crippen LogP contribution in [0.2, 0.25) is 0 Å². The highest BCUT2D eigenvalue weighted by Crippen LogP contribution is 2.44. The standard InChI is InChI=1S/C28H29NO4/c1-18(2)16-19-12-14-20(15-13-19)26(27(30)31)29(3)28(32)33-17-25-23-10-6-4-8-21(23)22-9-5-7-11-24(22)25/h4-15,18,25-26H,16-17H2,1-3H3,(H,30,31). The largest absolute Gasteiger partial charge is 0.479 e. The minimum atomic E-state index is -1.12. The molecule has 5 nitrogen and oxygen atoms in total. The van der Waals surface area contributed by atoms with Gasteiger partial charge < -0.3 is 9.84 Å². The molecule has 0 radical (unpaired) electrons. The summed E-state index contributed by atoms with van der Waals surface area (Å²) in [5.74, 6) is -0.661. The van der Waals surface area contributed by atoms with Gasteiger partial charge in [-0.3, -0.25) is 4.90 Å². The Morgan fingerprint density at radius 3 is 1.97 bits per heavy atom. The topological polar surface area (TPSA) is 66.8 Å². The van der Waals surface area contributed by atoms with Gasteiger partial charge in [0.2, 0.25) is 0 Å². The van der Waals surface area contributed by atoms with Crippen LogP contribution in [0.5, 0.6) is 0 Å². The van der Waals surface area contributed by atoms with Crippen molar-refractivity contribution in [1.29, 1.82) is 0 Å². The molecule has 1 amide bonds. The van der Waals surface area contributed by atoms with E-state index in [4.69, 9.17) is 4.74 Å². The molecule has 1 N–H and O–H groups in total. The van der Waals surface area contributed by atoms with E-state index in [0.29, 0.717) is 11.5 Å². The minimum Gasteiger partial charge on any atom is -0.479 e. The average molecular weight is 444 g/mol. The van der Waals surface area contributed by atoms with Crippen LogP contribution in [-0.2, 0) is 16.0 Å². The number of rotatable bonds is 7. The van der Waals surface area contributed by atoms with Crippen LogP contribution in [-0.4, -0.2) is 35.7 Å². The molecule has 0 aliphatic heterocycles. The van der Waals surface area contributed by atoms with Gasteiger partial charge in [0.1, 0.15) is 6.61 Å². The summed E-state index contributed by atoms with van der Waals surface area (Å²) < 4.78 is 5.65. The fourth-order valence-electron chi connectivity index (χ4n) is 4.64. The Balaban J connectivity index is 1.49. The van der Waals surface area contributed by atoms with E-state index < -0.39 is 18.1 Å². The molecule has 33 heavy (non-hydrogen) atoms. The summed E-state index contributed by atoms with van der Waals surface area (Å²) in [6, 6.07) is 22.5. The molecular formula is C28H29NO4. The molecule has 1 aliphatic carbocycles. The Kier molecular flexibility index (Phi) is 6.50. The number of benzene rings is 3. The van der Waals surface area contributed by atoms with Gasteiger partial charge >= 0.3 is 12.1 Å². The Morgan fingerprint density at radius 2 is 1.45 bits per heavy atom. The lowest BCUT2D eigenvalue weighted by atomic mass is 9.98. The zero-order valence-electron chi connectivity index (χ0n) is 19.2. The second kappa shape index (κ2) is 9.49. The quantitative estimate of drug-likeness (QED) is 0.494. The lowest BCUT2D eigenvalue weighted by Gasteiger charge is -2.25. The fraction of sp³-hybridized carbons (Fsp3) is 0.286. The van der Waals surface area contributed by atoms with E-state index in [1.165, 1.54) is 7.05 Å². The van der Waals surface area contributed by atoms with E-state index in [2.05, 4.69) is 38.1 Å². The Bertz CT molecular complexity index is 1110. The molecule has 1 unspecified atom stereocenters. The fourth-order valence-corrected chi connectivity index (χ4v) is 4.64. The maximum atomic E-state index is 12.9. The Morgan fingerprint density at radius 1 is 0.909 bits per heavy atom. The first-order chi connectivity index (χ1) is 15.9. The maximum Gasteiger partial charge on any atom is 0.410 e. The average Bonchev–Trinajstić information content (AvgIpc) is 3.12. The number of aliphatic carboxylic acids is 1. The molecule has 4 rings (SSSR count). The van der Waals surface area contributed by atoms with Crippen LogP contribution in [0.1, 0.15) is 48.1 Å². The highest BCUT2D eigenvalue weighted by molar-refractivity contribution is 5.82. The molecule has 170 valence electrons. The summed E-state index contributed by atoms with van der Waals surface area (Å²) in [5.41, 5.74) is 6.21. The van der Waals surface area contributed by atoms with Crippen molar-refractivity contribution in [3.05, 3.63) is 95.1 Å². The maximum absolute atomic E-state index is 12.9. The summed E-state index contributed by atoms with van der Waals surface area (Å²) in [4.78, 5) is 26.1. The Labute approximate surface area is 194 Å². The van der Waals surface area contributed by atoms with Gasteiger partial charge in [0.05, 0.1) is 0 Å². The van der Waals surface area contributed by atoms with E-state index in [9.17, 15) is 14.7 Å². The van der Waals surface area contributed by atoms with Crippen LogP contribution in [0, 0.1) is 5.92 Å². The van der Waals surface area contributed by atoms with Gasteiger partial charge in [0.25, 0.3) is 0 Å².